The fourth-order valence-corrected chi connectivity index (χ4v) is 2.03. The minimum atomic E-state index is -0.0335. The number of benzene rings is 1. The molecular formula is C14H12N4O2S. The molecule has 0 unspecified atom stereocenters. The number of aromatic amines is 1. The number of thiocarbonyl (C=S) groups is 1. The third-order valence-corrected chi connectivity index (χ3v) is 3.12. The lowest BCUT2D eigenvalue weighted by Gasteiger charge is -1.99. The lowest BCUT2D eigenvalue weighted by Crippen LogP contribution is -2.17. The van der Waals surface area contributed by atoms with Gasteiger partial charge >= 0.3 is 0 Å². The number of nitrogens with one attached hydrogen (secondary N) is 2. The first-order valence-electron chi connectivity index (χ1n) is 6.25. The molecule has 3 N–H and O–H groups in total. The Morgan fingerprint density at radius 2 is 2.14 bits per heavy atom. The second-order valence-corrected chi connectivity index (χ2v) is 4.69. The largest absolute Gasteiger partial charge is 0.493 e. The van der Waals surface area contributed by atoms with Crippen LogP contribution in [0.25, 0.3) is 10.9 Å². The van der Waals surface area contributed by atoms with E-state index in [1.807, 2.05) is 30.3 Å². The fraction of sp³-hybridized carbons (Fsp3) is 0.0714. The molecule has 0 aliphatic rings. The summed E-state index contributed by atoms with van der Waals surface area (Å²) in [4.78, 5) is 2.83. The van der Waals surface area contributed by atoms with E-state index in [1.54, 1.807) is 12.3 Å². The number of hydrogen-bond donors (Lipinski definition) is 3. The van der Waals surface area contributed by atoms with E-state index in [4.69, 9.17) is 16.6 Å². The van der Waals surface area contributed by atoms with Crippen LogP contribution in [-0.4, -0.2) is 15.2 Å². The van der Waals surface area contributed by atoms with Crippen molar-refractivity contribution < 1.29 is 9.52 Å². The van der Waals surface area contributed by atoms with Gasteiger partial charge in [0, 0.05) is 5.39 Å². The van der Waals surface area contributed by atoms with Gasteiger partial charge < -0.3 is 19.8 Å². The van der Waals surface area contributed by atoms with Gasteiger partial charge in [-0.2, -0.15) is 0 Å². The maximum atomic E-state index is 9.84. The van der Waals surface area contributed by atoms with Gasteiger partial charge in [0.05, 0.1) is 18.3 Å². The maximum absolute atomic E-state index is 9.84. The zero-order chi connectivity index (χ0) is 14.7. The second kappa shape index (κ2) is 5.76. The Labute approximate surface area is 125 Å². The molecule has 0 saturated carbocycles. The molecule has 0 fully saturated rings. The highest BCUT2D eigenvalue weighted by Crippen LogP contribution is 2.35. The number of fused-ring (bicyclic) bond motifs is 1. The molecule has 6 nitrogen and oxygen atoms in total. The molecule has 3 aromatic rings. The van der Waals surface area contributed by atoms with Crippen LogP contribution in [0.15, 0.2) is 57.3 Å². The van der Waals surface area contributed by atoms with E-state index in [1.165, 1.54) is 0 Å². The van der Waals surface area contributed by atoms with Gasteiger partial charge in [0.2, 0.25) is 11.0 Å². The zero-order valence-electron chi connectivity index (χ0n) is 10.9. The Morgan fingerprint density at radius 3 is 2.95 bits per heavy atom. The number of furan rings is 1. The SMILES string of the molecule is Oc1[nH]c2ccccc2c1N=NC(=S)NCc1ccco1. The Bertz CT molecular complexity index is 793. The number of aromatic nitrogens is 1. The third-order valence-electron chi connectivity index (χ3n) is 2.89. The number of H-pyrrole nitrogens is 1. The van der Waals surface area contributed by atoms with Crippen molar-refractivity contribution in [3.8, 4) is 5.88 Å². The Hall–Kier alpha value is -2.67. The normalized spacial score (nSPS) is 11.2. The van der Waals surface area contributed by atoms with E-state index in [0.717, 1.165) is 16.7 Å². The molecule has 0 spiro atoms. The highest BCUT2D eigenvalue weighted by Gasteiger charge is 2.09. The van der Waals surface area contributed by atoms with Crippen LogP contribution in [0.1, 0.15) is 5.76 Å². The van der Waals surface area contributed by atoms with Gasteiger partial charge in [-0.1, -0.05) is 18.2 Å². The van der Waals surface area contributed by atoms with Gasteiger partial charge in [-0.25, -0.2) is 0 Å². The molecule has 0 saturated heterocycles. The summed E-state index contributed by atoms with van der Waals surface area (Å²) >= 11 is 5.06. The van der Waals surface area contributed by atoms with Crippen LogP contribution in [0.2, 0.25) is 0 Å². The van der Waals surface area contributed by atoms with Gasteiger partial charge in [-0.05, 0) is 30.4 Å². The Balaban J connectivity index is 1.72. The minimum Gasteiger partial charge on any atom is -0.493 e. The molecular weight excluding hydrogens is 288 g/mol. The van der Waals surface area contributed by atoms with Crippen LogP contribution < -0.4 is 5.32 Å². The summed E-state index contributed by atoms with van der Waals surface area (Å²) in [5, 5.41) is 21.6. The monoisotopic (exact) mass is 300 g/mol. The van der Waals surface area contributed by atoms with Crippen LogP contribution in [0, 0.1) is 0 Å². The van der Waals surface area contributed by atoms with E-state index in [0.29, 0.717) is 12.2 Å². The van der Waals surface area contributed by atoms with Crippen molar-refractivity contribution >= 4 is 33.9 Å². The quantitative estimate of drug-likeness (QED) is 0.509. The molecule has 7 heteroatoms. The Kier molecular flexibility index (Phi) is 3.65. The van der Waals surface area contributed by atoms with E-state index in [2.05, 4.69) is 20.5 Å². The molecule has 2 heterocycles. The fourth-order valence-electron chi connectivity index (χ4n) is 1.92. The van der Waals surface area contributed by atoms with Gasteiger partial charge in [0.15, 0.2) is 5.69 Å². The number of rotatable bonds is 3. The third kappa shape index (κ3) is 2.92. The molecule has 1 aromatic carbocycles. The van der Waals surface area contributed by atoms with Crippen LogP contribution >= 0.6 is 12.2 Å². The lowest BCUT2D eigenvalue weighted by atomic mass is 10.2. The predicted molar refractivity (Wildman–Crippen MR) is 82.6 cm³/mol. The summed E-state index contributed by atoms with van der Waals surface area (Å²) in [5.41, 5.74) is 1.16. The molecule has 0 amide bonds. The van der Waals surface area contributed by atoms with Gasteiger partial charge in [0.1, 0.15) is 5.76 Å². The van der Waals surface area contributed by atoms with Crippen LogP contribution in [0.4, 0.5) is 5.69 Å². The van der Waals surface area contributed by atoms with E-state index < -0.39 is 0 Å². The van der Waals surface area contributed by atoms with Crippen molar-refractivity contribution in [1.82, 2.24) is 10.3 Å². The summed E-state index contributed by atoms with van der Waals surface area (Å²) in [5.74, 6) is 0.719. The molecule has 3 rings (SSSR count). The summed E-state index contributed by atoms with van der Waals surface area (Å²) in [7, 11) is 0. The molecule has 21 heavy (non-hydrogen) atoms. The first-order valence-corrected chi connectivity index (χ1v) is 6.66. The molecule has 0 bridgehead atoms. The Morgan fingerprint density at radius 1 is 1.29 bits per heavy atom. The van der Waals surface area contributed by atoms with Crippen LogP contribution in [0.5, 0.6) is 5.88 Å². The van der Waals surface area contributed by atoms with E-state index >= 15 is 0 Å². The van der Waals surface area contributed by atoms with Gasteiger partial charge in [-0.15, -0.1) is 10.2 Å². The van der Waals surface area contributed by atoms with Crippen molar-refractivity contribution in [1.29, 1.82) is 0 Å². The van der Waals surface area contributed by atoms with Crippen molar-refractivity contribution in [3.63, 3.8) is 0 Å². The number of azo groups is 1. The zero-order valence-corrected chi connectivity index (χ0v) is 11.7. The minimum absolute atomic E-state index is 0.0335. The summed E-state index contributed by atoms with van der Waals surface area (Å²) < 4.78 is 5.17. The van der Waals surface area contributed by atoms with E-state index in [9.17, 15) is 5.11 Å². The lowest BCUT2D eigenvalue weighted by molar-refractivity contribution is 0.459. The molecule has 0 aliphatic carbocycles. The summed E-state index contributed by atoms with van der Waals surface area (Å²) in [6.07, 6.45) is 1.59. The molecule has 0 aliphatic heterocycles. The molecule has 106 valence electrons. The van der Waals surface area contributed by atoms with Gasteiger partial charge in [-0.3, -0.25) is 0 Å². The van der Waals surface area contributed by atoms with Crippen LogP contribution in [-0.2, 0) is 6.54 Å². The van der Waals surface area contributed by atoms with Crippen molar-refractivity contribution in [3.05, 3.63) is 48.4 Å². The van der Waals surface area contributed by atoms with Crippen molar-refractivity contribution in [2.24, 2.45) is 10.2 Å². The number of nitrogens with zero attached hydrogens (tertiary/aromatic N) is 2. The van der Waals surface area contributed by atoms with Crippen LogP contribution in [0.3, 0.4) is 0 Å². The maximum Gasteiger partial charge on any atom is 0.218 e. The number of hydrogen-bond acceptors (Lipinski definition) is 4. The second-order valence-electron chi connectivity index (χ2n) is 4.31. The molecule has 2 aromatic heterocycles. The number of aromatic hydroxyl groups is 1. The predicted octanol–water partition coefficient (Wildman–Crippen LogP) is 3.62. The first-order chi connectivity index (χ1) is 10.2. The molecule has 0 radical (unpaired) electrons. The summed E-state index contributed by atoms with van der Waals surface area (Å²) in [6, 6.07) is 11.1. The average molecular weight is 300 g/mol. The van der Waals surface area contributed by atoms with Crippen molar-refractivity contribution in [2.45, 2.75) is 6.54 Å². The first kappa shape index (κ1) is 13.3. The average Bonchev–Trinajstić information content (AvgIpc) is 3.10. The highest BCUT2D eigenvalue weighted by atomic mass is 32.1. The number of para-hydroxylation sites is 1. The summed E-state index contributed by atoms with van der Waals surface area (Å²) in [6.45, 7) is 0.435. The topological polar surface area (TPSA) is 85.9 Å². The smallest absolute Gasteiger partial charge is 0.218 e. The standard InChI is InChI=1S/C14H12N4O2S/c19-13-12(10-5-1-2-6-11(10)16-13)17-18-14(21)15-8-9-4-3-7-20-9/h1-7,16,19H,8H2,(H,15,21). The highest BCUT2D eigenvalue weighted by molar-refractivity contribution is 7.80. The van der Waals surface area contributed by atoms with Crippen molar-refractivity contribution in [2.75, 3.05) is 0 Å². The van der Waals surface area contributed by atoms with Gasteiger partial charge in [0.25, 0.3) is 0 Å². The molecule has 0 atom stereocenters. The van der Waals surface area contributed by atoms with E-state index in [-0.39, 0.29) is 11.0 Å².